The second-order valence-electron chi connectivity index (χ2n) is 7.52. The van der Waals surface area contributed by atoms with Gasteiger partial charge in [-0.05, 0) is 51.9 Å². The van der Waals surface area contributed by atoms with E-state index in [-0.39, 0.29) is 5.56 Å². The Bertz CT molecular complexity index is 1640. The van der Waals surface area contributed by atoms with Crippen molar-refractivity contribution in [2.45, 2.75) is 0 Å². The summed E-state index contributed by atoms with van der Waals surface area (Å²) < 4.78 is 6.88. The Morgan fingerprint density at radius 1 is 0.781 bits per heavy atom. The number of benzene rings is 4. The van der Waals surface area contributed by atoms with E-state index in [0.29, 0.717) is 22.5 Å². The first-order chi connectivity index (χ1) is 15.8. The first-order valence-electron chi connectivity index (χ1n) is 10.3. The van der Waals surface area contributed by atoms with Crippen molar-refractivity contribution in [1.82, 2.24) is 9.66 Å². The molecular weight excluding hydrogens is 398 g/mol. The molecule has 152 valence electrons. The molecule has 0 aliphatic carbocycles. The fourth-order valence-corrected chi connectivity index (χ4v) is 4.10. The summed E-state index contributed by atoms with van der Waals surface area (Å²) in [5, 5.41) is 9.50. The Hall–Kier alpha value is -4.51. The highest BCUT2D eigenvalue weighted by Gasteiger charge is 2.14. The summed E-state index contributed by atoms with van der Waals surface area (Å²) in [5.74, 6) is 0.840. The summed E-state index contributed by atoms with van der Waals surface area (Å²) in [7, 11) is 0. The van der Waals surface area contributed by atoms with Crippen molar-refractivity contribution in [2.24, 2.45) is 5.10 Å². The van der Waals surface area contributed by atoms with Gasteiger partial charge in [0.1, 0.15) is 0 Å². The molecule has 0 unspecified atom stereocenters. The second-order valence-corrected chi connectivity index (χ2v) is 7.52. The van der Waals surface area contributed by atoms with Gasteiger partial charge in [-0.25, -0.2) is 4.98 Å². The fraction of sp³-hybridized carbons (Fsp3) is 0. The van der Waals surface area contributed by atoms with E-state index in [2.05, 4.69) is 40.4 Å². The van der Waals surface area contributed by atoms with E-state index in [0.717, 1.165) is 27.1 Å². The van der Waals surface area contributed by atoms with Crippen molar-refractivity contribution < 1.29 is 4.42 Å². The lowest BCUT2D eigenvalue weighted by Crippen LogP contribution is -2.20. The molecule has 0 atom stereocenters. The van der Waals surface area contributed by atoms with Gasteiger partial charge in [-0.3, -0.25) is 4.79 Å². The third-order valence-corrected chi connectivity index (χ3v) is 5.61. The van der Waals surface area contributed by atoms with Crippen molar-refractivity contribution in [3.8, 4) is 11.6 Å². The quantitative estimate of drug-likeness (QED) is 0.269. The molecule has 0 bridgehead atoms. The summed E-state index contributed by atoms with van der Waals surface area (Å²) in [6.45, 7) is 0. The minimum Gasteiger partial charge on any atom is -0.461 e. The zero-order chi connectivity index (χ0) is 21.5. The summed E-state index contributed by atoms with van der Waals surface area (Å²) in [4.78, 5) is 18.0. The topological polar surface area (TPSA) is 60.4 Å². The highest BCUT2D eigenvalue weighted by Crippen LogP contribution is 2.27. The number of para-hydroxylation sites is 1. The predicted octanol–water partition coefficient (Wildman–Crippen LogP) is 5.85. The molecule has 6 rings (SSSR count). The summed E-state index contributed by atoms with van der Waals surface area (Å²) >= 11 is 0. The van der Waals surface area contributed by atoms with Crippen molar-refractivity contribution in [2.75, 3.05) is 0 Å². The average Bonchev–Trinajstić information content (AvgIpc) is 3.37. The van der Waals surface area contributed by atoms with E-state index in [4.69, 9.17) is 4.42 Å². The van der Waals surface area contributed by atoms with Crippen molar-refractivity contribution >= 4 is 38.7 Å². The van der Waals surface area contributed by atoms with Crippen LogP contribution in [-0.2, 0) is 0 Å². The van der Waals surface area contributed by atoms with Gasteiger partial charge < -0.3 is 4.42 Å². The average molecular weight is 415 g/mol. The van der Waals surface area contributed by atoms with Crippen LogP contribution < -0.4 is 5.56 Å². The van der Waals surface area contributed by atoms with E-state index in [1.54, 1.807) is 30.7 Å². The zero-order valence-electron chi connectivity index (χ0n) is 17.0. The molecule has 0 radical (unpaired) electrons. The molecule has 0 N–H and O–H groups in total. The molecular formula is C27H17N3O2. The predicted molar refractivity (Wildman–Crippen MR) is 128 cm³/mol. The van der Waals surface area contributed by atoms with E-state index in [9.17, 15) is 4.79 Å². The van der Waals surface area contributed by atoms with Crippen molar-refractivity contribution in [1.29, 1.82) is 0 Å². The maximum Gasteiger partial charge on any atom is 0.282 e. The van der Waals surface area contributed by atoms with Crippen LogP contribution in [0.2, 0.25) is 0 Å². The van der Waals surface area contributed by atoms with E-state index >= 15 is 0 Å². The van der Waals surface area contributed by atoms with Gasteiger partial charge in [0.15, 0.2) is 5.76 Å². The molecule has 2 heterocycles. The van der Waals surface area contributed by atoms with E-state index in [1.165, 1.54) is 4.68 Å². The maximum atomic E-state index is 13.4. The Balaban J connectivity index is 1.64. The lowest BCUT2D eigenvalue weighted by molar-refractivity contribution is 0.571. The molecule has 2 aromatic heterocycles. The number of hydrogen-bond donors (Lipinski definition) is 0. The Morgan fingerprint density at radius 3 is 2.12 bits per heavy atom. The first-order valence-corrected chi connectivity index (χ1v) is 10.3. The Morgan fingerprint density at radius 2 is 1.44 bits per heavy atom. The Kier molecular flexibility index (Phi) is 4.18. The van der Waals surface area contributed by atoms with E-state index in [1.807, 2.05) is 42.5 Å². The van der Waals surface area contributed by atoms with Crippen LogP contribution in [0.4, 0.5) is 0 Å². The SMILES string of the molecule is O=c1c2ccccc2nc(-c2ccco2)n1/N=C/c1c2ccccc2cc2ccccc12. The number of nitrogens with zero attached hydrogens (tertiary/aromatic N) is 3. The van der Waals surface area contributed by atoms with Crippen LogP contribution in [0.3, 0.4) is 0 Å². The first kappa shape index (κ1) is 18.3. The van der Waals surface area contributed by atoms with Gasteiger partial charge in [-0.15, -0.1) is 0 Å². The third kappa shape index (κ3) is 2.91. The van der Waals surface area contributed by atoms with Crippen LogP contribution in [0.5, 0.6) is 0 Å². The minimum atomic E-state index is -0.247. The Labute approximate surface area is 182 Å². The lowest BCUT2D eigenvalue weighted by Gasteiger charge is -2.10. The smallest absolute Gasteiger partial charge is 0.282 e. The summed E-state index contributed by atoms with van der Waals surface area (Å²) in [6.07, 6.45) is 3.30. The molecule has 0 amide bonds. The number of hydrogen-bond acceptors (Lipinski definition) is 4. The molecule has 5 nitrogen and oxygen atoms in total. The van der Waals surface area contributed by atoms with Gasteiger partial charge in [0.25, 0.3) is 5.56 Å². The fourth-order valence-electron chi connectivity index (χ4n) is 4.10. The van der Waals surface area contributed by atoms with Crippen LogP contribution in [0.25, 0.3) is 44.0 Å². The molecule has 0 aliphatic rings. The van der Waals surface area contributed by atoms with Gasteiger partial charge in [0.2, 0.25) is 5.82 Å². The largest absolute Gasteiger partial charge is 0.461 e. The normalized spacial score (nSPS) is 11.8. The second kappa shape index (κ2) is 7.32. The van der Waals surface area contributed by atoms with Crippen molar-refractivity contribution in [3.05, 3.63) is 113 Å². The maximum absolute atomic E-state index is 13.4. The highest BCUT2D eigenvalue weighted by atomic mass is 16.3. The van der Waals surface area contributed by atoms with Crippen LogP contribution in [0, 0.1) is 0 Å². The molecule has 4 aromatic carbocycles. The zero-order valence-corrected chi connectivity index (χ0v) is 17.0. The third-order valence-electron chi connectivity index (χ3n) is 5.61. The molecule has 6 aromatic rings. The van der Waals surface area contributed by atoms with Crippen LogP contribution >= 0.6 is 0 Å². The standard InChI is InChI=1S/C27H17N3O2/c31-27-22-12-5-6-13-24(22)29-26(25-14-7-15-32-25)30(27)28-17-23-20-10-3-1-8-18(20)16-19-9-2-4-11-21(19)23/h1-17H/b28-17+. The van der Waals surface area contributed by atoms with E-state index < -0.39 is 0 Å². The van der Waals surface area contributed by atoms with Gasteiger partial charge in [0.05, 0.1) is 23.4 Å². The van der Waals surface area contributed by atoms with Crippen LogP contribution in [0.15, 0.2) is 112 Å². The monoisotopic (exact) mass is 415 g/mol. The highest BCUT2D eigenvalue weighted by molar-refractivity contribution is 6.13. The molecule has 0 saturated carbocycles. The van der Waals surface area contributed by atoms with Gasteiger partial charge in [-0.2, -0.15) is 9.78 Å². The minimum absolute atomic E-state index is 0.247. The number of aromatic nitrogens is 2. The van der Waals surface area contributed by atoms with Gasteiger partial charge in [-0.1, -0.05) is 60.7 Å². The summed E-state index contributed by atoms with van der Waals surface area (Å²) in [5.41, 5.74) is 1.30. The molecule has 0 fully saturated rings. The van der Waals surface area contributed by atoms with Gasteiger partial charge in [0, 0.05) is 5.56 Å². The summed E-state index contributed by atoms with van der Waals surface area (Å²) in [6, 6.07) is 29.3. The number of rotatable bonds is 3. The van der Waals surface area contributed by atoms with Crippen LogP contribution in [0.1, 0.15) is 5.56 Å². The lowest BCUT2D eigenvalue weighted by atomic mass is 9.97. The molecule has 32 heavy (non-hydrogen) atoms. The number of furan rings is 1. The molecule has 0 aliphatic heterocycles. The number of fused-ring (bicyclic) bond motifs is 3. The van der Waals surface area contributed by atoms with Crippen molar-refractivity contribution in [3.63, 3.8) is 0 Å². The molecule has 0 saturated heterocycles. The molecule has 5 heteroatoms. The van der Waals surface area contributed by atoms with Gasteiger partial charge >= 0.3 is 0 Å². The van der Waals surface area contributed by atoms with Crippen LogP contribution in [-0.4, -0.2) is 15.9 Å². The molecule has 0 spiro atoms.